The van der Waals surface area contributed by atoms with Crippen LogP contribution in [0.1, 0.15) is 44.6 Å². The van der Waals surface area contributed by atoms with E-state index in [0.717, 1.165) is 24.8 Å². The lowest BCUT2D eigenvalue weighted by Gasteiger charge is -2.19. The van der Waals surface area contributed by atoms with Gasteiger partial charge in [0.2, 0.25) is 8.32 Å². The van der Waals surface area contributed by atoms with Crippen LogP contribution >= 0.6 is 0 Å². The fraction of sp³-hybridized carbons (Fsp3) is 0.455. The average Bonchev–Trinajstić information content (AvgIpc) is 2.96. The lowest BCUT2D eigenvalue weighted by molar-refractivity contribution is 0.407. The maximum absolute atomic E-state index is 6.16. The fourth-order valence-electron chi connectivity index (χ4n) is 2.81. The van der Waals surface area contributed by atoms with Gasteiger partial charge in [0.25, 0.3) is 0 Å². The minimum Gasteiger partial charge on any atom is -0.548 e. The van der Waals surface area contributed by atoms with Crippen LogP contribution in [0, 0.1) is 17.8 Å². The number of hydrogen-bond acceptors (Lipinski definition) is 1. The second kappa shape index (κ2) is 8.94. The van der Waals surface area contributed by atoms with Crippen molar-refractivity contribution in [2.45, 2.75) is 58.7 Å². The molecule has 1 aromatic rings. The Kier molecular flexibility index (Phi) is 6.94. The highest BCUT2D eigenvalue weighted by molar-refractivity contribution is 6.70. The summed E-state index contributed by atoms with van der Waals surface area (Å²) >= 11 is 0. The first-order chi connectivity index (χ1) is 11.5. The van der Waals surface area contributed by atoms with E-state index in [9.17, 15) is 0 Å². The summed E-state index contributed by atoms with van der Waals surface area (Å²) in [6.45, 7) is 8.97. The molecule has 0 saturated carbocycles. The SMILES string of the molecule is CCCC/C(C#Cc1ccccc1)=C/C1C=C(O[Si](C)(C)C)CC1. The number of unbranched alkanes of at least 4 members (excludes halogenated alkanes) is 1. The Labute approximate surface area is 149 Å². The molecule has 0 N–H and O–H groups in total. The molecule has 24 heavy (non-hydrogen) atoms. The standard InChI is InChI=1S/C22H30OSi/c1-5-6-10-20(14-13-19-11-8-7-9-12-19)17-21-15-16-22(18-21)23-24(2,3)4/h7-9,11-12,17-18,21H,5-6,10,15-16H2,1-4H3/b20-17-. The topological polar surface area (TPSA) is 9.23 Å². The van der Waals surface area contributed by atoms with Gasteiger partial charge in [0.1, 0.15) is 0 Å². The van der Waals surface area contributed by atoms with Crippen LogP contribution in [0.4, 0.5) is 0 Å². The number of rotatable bonds is 6. The van der Waals surface area contributed by atoms with Crippen LogP contribution in [0.15, 0.2) is 53.8 Å². The summed E-state index contributed by atoms with van der Waals surface area (Å²) in [4.78, 5) is 0. The van der Waals surface area contributed by atoms with E-state index in [1.54, 1.807) is 0 Å². The summed E-state index contributed by atoms with van der Waals surface area (Å²) in [5.74, 6) is 8.40. The molecular formula is C22H30OSi. The lowest BCUT2D eigenvalue weighted by Crippen LogP contribution is -2.24. The zero-order chi connectivity index (χ0) is 17.4. The van der Waals surface area contributed by atoms with Crippen molar-refractivity contribution in [2.75, 3.05) is 0 Å². The maximum atomic E-state index is 6.16. The first-order valence-corrected chi connectivity index (χ1v) is 12.5. The van der Waals surface area contributed by atoms with Gasteiger partial charge in [-0.25, -0.2) is 0 Å². The predicted octanol–water partition coefficient (Wildman–Crippen LogP) is 6.30. The molecule has 128 valence electrons. The summed E-state index contributed by atoms with van der Waals surface area (Å²) in [5, 5.41) is 0. The lowest BCUT2D eigenvalue weighted by atomic mass is 10.0. The summed E-state index contributed by atoms with van der Waals surface area (Å²) in [7, 11) is -1.49. The van der Waals surface area contributed by atoms with E-state index in [-0.39, 0.29) is 0 Å². The third-order valence-electron chi connectivity index (χ3n) is 3.92. The van der Waals surface area contributed by atoms with Crippen molar-refractivity contribution in [1.29, 1.82) is 0 Å². The third kappa shape index (κ3) is 6.80. The highest BCUT2D eigenvalue weighted by atomic mass is 28.4. The quantitative estimate of drug-likeness (QED) is 0.437. The average molecular weight is 339 g/mol. The van der Waals surface area contributed by atoms with Gasteiger partial charge in [0, 0.05) is 12.0 Å². The minimum atomic E-state index is -1.49. The van der Waals surface area contributed by atoms with Gasteiger partial charge in [-0.2, -0.15) is 0 Å². The van der Waals surface area contributed by atoms with Crippen LogP contribution in [0.3, 0.4) is 0 Å². The van der Waals surface area contributed by atoms with Crippen molar-refractivity contribution >= 4 is 8.32 Å². The van der Waals surface area contributed by atoms with Gasteiger partial charge < -0.3 is 4.43 Å². The van der Waals surface area contributed by atoms with Crippen molar-refractivity contribution in [3.05, 3.63) is 59.4 Å². The largest absolute Gasteiger partial charge is 0.548 e. The van der Waals surface area contributed by atoms with E-state index >= 15 is 0 Å². The summed E-state index contributed by atoms with van der Waals surface area (Å²) in [6, 6.07) is 10.3. The van der Waals surface area contributed by atoms with Gasteiger partial charge >= 0.3 is 0 Å². The van der Waals surface area contributed by atoms with Crippen LogP contribution < -0.4 is 0 Å². The van der Waals surface area contributed by atoms with E-state index in [2.05, 4.69) is 62.7 Å². The van der Waals surface area contributed by atoms with Gasteiger partial charge in [-0.3, -0.25) is 0 Å². The molecule has 1 aliphatic rings. The Morgan fingerprint density at radius 1 is 1.25 bits per heavy atom. The number of allylic oxidation sites excluding steroid dienone is 4. The molecule has 0 aliphatic heterocycles. The second-order valence-corrected chi connectivity index (χ2v) is 11.9. The molecule has 1 unspecified atom stereocenters. The van der Waals surface area contributed by atoms with Crippen LogP contribution in [0.5, 0.6) is 0 Å². The van der Waals surface area contributed by atoms with E-state index in [1.807, 2.05) is 18.2 Å². The Hall–Kier alpha value is -1.72. The first kappa shape index (κ1) is 18.6. The highest BCUT2D eigenvalue weighted by Gasteiger charge is 2.22. The molecule has 0 bridgehead atoms. The minimum absolute atomic E-state index is 0.480. The Bertz CT molecular complexity index is 638. The van der Waals surface area contributed by atoms with Crippen molar-refractivity contribution < 1.29 is 4.43 Å². The maximum Gasteiger partial charge on any atom is 0.241 e. The molecule has 2 heteroatoms. The second-order valence-electron chi connectivity index (χ2n) is 7.46. The Morgan fingerprint density at radius 3 is 2.67 bits per heavy atom. The van der Waals surface area contributed by atoms with Crippen LogP contribution in [-0.2, 0) is 4.43 Å². The molecule has 0 fully saturated rings. The van der Waals surface area contributed by atoms with Crippen molar-refractivity contribution in [2.24, 2.45) is 5.92 Å². The predicted molar refractivity (Wildman–Crippen MR) is 106 cm³/mol. The van der Waals surface area contributed by atoms with Crippen LogP contribution in [-0.4, -0.2) is 8.32 Å². The molecule has 0 heterocycles. The molecule has 0 aromatic heterocycles. The molecule has 1 nitrogen and oxygen atoms in total. The first-order valence-electron chi connectivity index (χ1n) is 9.14. The highest BCUT2D eigenvalue weighted by Crippen LogP contribution is 2.29. The Balaban J connectivity index is 2.10. The van der Waals surface area contributed by atoms with Crippen LogP contribution in [0.2, 0.25) is 19.6 Å². The Morgan fingerprint density at radius 2 is 2.00 bits per heavy atom. The monoisotopic (exact) mass is 338 g/mol. The fourth-order valence-corrected chi connectivity index (χ4v) is 3.77. The number of benzene rings is 1. The van der Waals surface area contributed by atoms with Crippen molar-refractivity contribution in [3.63, 3.8) is 0 Å². The molecule has 1 aromatic carbocycles. The van der Waals surface area contributed by atoms with Crippen molar-refractivity contribution in [1.82, 2.24) is 0 Å². The summed E-state index contributed by atoms with van der Waals surface area (Å²) in [5.41, 5.74) is 2.36. The van der Waals surface area contributed by atoms with Gasteiger partial charge in [-0.05, 0) is 68.6 Å². The zero-order valence-electron chi connectivity index (χ0n) is 15.6. The molecular weight excluding hydrogens is 308 g/mol. The van der Waals surface area contributed by atoms with Gasteiger partial charge in [-0.1, -0.05) is 49.5 Å². The molecule has 2 rings (SSSR count). The molecule has 0 amide bonds. The van der Waals surface area contributed by atoms with E-state index in [4.69, 9.17) is 4.43 Å². The number of hydrogen-bond donors (Lipinski definition) is 0. The van der Waals surface area contributed by atoms with E-state index in [1.165, 1.54) is 24.2 Å². The third-order valence-corrected chi connectivity index (χ3v) is 4.79. The molecule has 1 aliphatic carbocycles. The normalized spacial score (nSPS) is 17.9. The van der Waals surface area contributed by atoms with Gasteiger partial charge in [0.05, 0.1) is 5.76 Å². The smallest absolute Gasteiger partial charge is 0.241 e. The van der Waals surface area contributed by atoms with Crippen LogP contribution in [0.25, 0.3) is 0 Å². The zero-order valence-corrected chi connectivity index (χ0v) is 16.6. The molecule has 0 saturated heterocycles. The summed E-state index contributed by atoms with van der Waals surface area (Å²) in [6.07, 6.45) is 10.4. The van der Waals surface area contributed by atoms with Gasteiger partial charge in [0.15, 0.2) is 0 Å². The molecule has 0 spiro atoms. The summed E-state index contributed by atoms with van der Waals surface area (Å²) < 4.78 is 6.16. The molecule has 1 atom stereocenters. The van der Waals surface area contributed by atoms with Gasteiger partial charge in [-0.15, -0.1) is 0 Å². The van der Waals surface area contributed by atoms with E-state index in [0.29, 0.717) is 5.92 Å². The van der Waals surface area contributed by atoms with E-state index < -0.39 is 8.32 Å². The van der Waals surface area contributed by atoms with Crippen molar-refractivity contribution in [3.8, 4) is 11.8 Å². The molecule has 0 radical (unpaired) electrons.